The lowest BCUT2D eigenvalue weighted by atomic mass is 9.43. The van der Waals surface area contributed by atoms with E-state index in [4.69, 9.17) is 0 Å². The molecule has 0 heterocycles. The molecule has 10 atom stereocenters. The van der Waals surface area contributed by atoms with E-state index in [9.17, 15) is 20.4 Å². The van der Waals surface area contributed by atoms with E-state index in [0.717, 1.165) is 38.5 Å². The van der Waals surface area contributed by atoms with Crippen molar-refractivity contribution in [3.63, 3.8) is 0 Å². The molecule has 0 spiro atoms. The van der Waals surface area contributed by atoms with Gasteiger partial charge in [0.05, 0.1) is 23.9 Å². The molecule has 25 heavy (non-hydrogen) atoms. The van der Waals surface area contributed by atoms with E-state index in [-0.39, 0.29) is 17.4 Å². The molecule has 4 rings (SSSR count). The number of fused-ring (bicyclic) bond motifs is 5. The maximum Gasteiger partial charge on any atom is 0.0959 e. The predicted octanol–water partition coefficient (Wildman–Crippen LogP) is 2.47. The molecule has 0 aromatic carbocycles. The molecular formula is C21H36O4. The van der Waals surface area contributed by atoms with Crippen molar-refractivity contribution in [3.8, 4) is 0 Å². The van der Waals surface area contributed by atoms with Crippen LogP contribution < -0.4 is 0 Å². The van der Waals surface area contributed by atoms with E-state index >= 15 is 0 Å². The van der Waals surface area contributed by atoms with Crippen LogP contribution in [0.15, 0.2) is 0 Å². The molecule has 0 aromatic rings. The minimum absolute atomic E-state index is 0.106. The van der Waals surface area contributed by atoms with Crippen LogP contribution in [0.2, 0.25) is 0 Å². The van der Waals surface area contributed by atoms with Gasteiger partial charge in [0.1, 0.15) is 0 Å². The van der Waals surface area contributed by atoms with Crippen LogP contribution in [0.5, 0.6) is 0 Å². The average molecular weight is 353 g/mol. The summed E-state index contributed by atoms with van der Waals surface area (Å²) in [4.78, 5) is 0. The van der Waals surface area contributed by atoms with Crippen molar-refractivity contribution in [1.29, 1.82) is 0 Å². The number of aliphatic hydroxyl groups is 4. The monoisotopic (exact) mass is 352 g/mol. The third kappa shape index (κ3) is 2.27. The van der Waals surface area contributed by atoms with E-state index in [1.165, 1.54) is 0 Å². The number of rotatable bonds is 1. The van der Waals surface area contributed by atoms with Gasteiger partial charge in [0.15, 0.2) is 0 Å². The summed E-state index contributed by atoms with van der Waals surface area (Å²) >= 11 is 0. The van der Waals surface area contributed by atoms with Crippen LogP contribution in [-0.4, -0.2) is 44.3 Å². The molecule has 144 valence electrons. The lowest BCUT2D eigenvalue weighted by Gasteiger charge is -2.63. The van der Waals surface area contributed by atoms with Gasteiger partial charge in [0, 0.05) is 5.41 Å². The summed E-state index contributed by atoms with van der Waals surface area (Å²) in [5.41, 5.74) is -1.38. The molecule has 4 aliphatic rings. The third-order valence-electron chi connectivity index (χ3n) is 9.48. The smallest absolute Gasteiger partial charge is 0.0959 e. The second kappa shape index (κ2) is 5.67. The summed E-state index contributed by atoms with van der Waals surface area (Å²) in [5, 5.41) is 42.9. The Morgan fingerprint density at radius 2 is 1.72 bits per heavy atom. The summed E-state index contributed by atoms with van der Waals surface area (Å²) in [6.45, 7) is 6.16. The minimum atomic E-state index is -1.08. The lowest BCUT2D eigenvalue weighted by molar-refractivity contribution is -0.218. The van der Waals surface area contributed by atoms with Gasteiger partial charge in [-0.3, -0.25) is 0 Å². The molecule has 0 unspecified atom stereocenters. The van der Waals surface area contributed by atoms with Crippen LogP contribution in [0.1, 0.15) is 72.1 Å². The molecule has 0 aliphatic heterocycles. The van der Waals surface area contributed by atoms with Crippen LogP contribution in [0.3, 0.4) is 0 Å². The maximum absolute atomic E-state index is 11.3. The van der Waals surface area contributed by atoms with Gasteiger partial charge in [-0.15, -0.1) is 0 Å². The molecule has 0 amide bonds. The van der Waals surface area contributed by atoms with E-state index in [2.05, 4.69) is 13.8 Å². The Hall–Kier alpha value is -0.160. The Labute approximate surface area is 151 Å². The van der Waals surface area contributed by atoms with Crippen LogP contribution in [-0.2, 0) is 0 Å². The van der Waals surface area contributed by atoms with Gasteiger partial charge in [-0.25, -0.2) is 0 Å². The number of hydrogen-bond acceptors (Lipinski definition) is 4. The highest BCUT2D eigenvalue weighted by molar-refractivity contribution is 5.17. The second-order valence-electron chi connectivity index (χ2n) is 10.3. The zero-order valence-electron chi connectivity index (χ0n) is 16.0. The molecule has 0 saturated heterocycles. The maximum atomic E-state index is 11.3. The molecule has 4 fully saturated rings. The van der Waals surface area contributed by atoms with Crippen molar-refractivity contribution in [1.82, 2.24) is 0 Å². The summed E-state index contributed by atoms with van der Waals surface area (Å²) in [5.74, 6) is 1.59. The van der Waals surface area contributed by atoms with Crippen LogP contribution in [0.4, 0.5) is 0 Å². The molecule has 0 radical (unpaired) electrons. The fourth-order valence-electron chi connectivity index (χ4n) is 8.09. The summed E-state index contributed by atoms with van der Waals surface area (Å²) < 4.78 is 0. The molecule has 4 heteroatoms. The molecular weight excluding hydrogens is 316 g/mol. The highest BCUT2D eigenvalue weighted by Gasteiger charge is 2.67. The Bertz CT molecular complexity index is 536. The van der Waals surface area contributed by atoms with Crippen molar-refractivity contribution in [2.75, 3.05) is 0 Å². The minimum Gasteiger partial charge on any atom is -0.393 e. The van der Waals surface area contributed by atoms with Crippen molar-refractivity contribution >= 4 is 0 Å². The zero-order chi connectivity index (χ0) is 18.2. The molecule has 0 bridgehead atoms. The van der Waals surface area contributed by atoms with Gasteiger partial charge < -0.3 is 20.4 Å². The molecule has 4 nitrogen and oxygen atoms in total. The Balaban J connectivity index is 1.69. The highest BCUT2D eigenvalue weighted by atomic mass is 16.3. The molecule has 4 N–H and O–H groups in total. The van der Waals surface area contributed by atoms with Crippen LogP contribution in [0, 0.1) is 34.5 Å². The first-order valence-corrected chi connectivity index (χ1v) is 10.4. The predicted molar refractivity (Wildman–Crippen MR) is 95.8 cm³/mol. The number of hydrogen-bond donors (Lipinski definition) is 4. The van der Waals surface area contributed by atoms with Crippen molar-refractivity contribution < 1.29 is 20.4 Å². The Morgan fingerprint density at radius 1 is 1.00 bits per heavy atom. The van der Waals surface area contributed by atoms with Gasteiger partial charge in [0.2, 0.25) is 0 Å². The SMILES string of the molecule is C[C@H](O)[C@]1(O)CC[C@@H]2[C@H]3CC[C@H]4C[C@@H](O)CC[C@]4(C)[C@@H]3[C@@H](O)C[C@@]21C. The van der Waals surface area contributed by atoms with E-state index in [1.54, 1.807) is 6.92 Å². The van der Waals surface area contributed by atoms with Crippen LogP contribution in [0.25, 0.3) is 0 Å². The first-order valence-electron chi connectivity index (χ1n) is 10.4. The standard InChI is InChI=1S/C21H36O4/c1-12(22)21(25)9-7-16-15-5-4-13-10-14(23)6-8-19(13,2)18(15)17(24)11-20(16,21)3/h12-18,22-25H,4-11H2,1-3H3/t12-,13-,14-,15+,16+,17-,18-,19-,20-,21+/m0/s1. The van der Waals surface area contributed by atoms with Crippen molar-refractivity contribution in [2.24, 2.45) is 34.5 Å². The Kier molecular flexibility index (Phi) is 4.13. The van der Waals surface area contributed by atoms with E-state index < -0.39 is 23.2 Å². The largest absolute Gasteiger partial charge is 0.393 e. The van der Waals surface area contributed by atoms with Crippen molar-refractivity contribution in [3.05, 3.63) is 0 Å². The van der Waals surface area contributed by atoms with Gasteiger partial charge in [0.25, 0.3) is 0 Å². The fourth-order valence-corrected chi connectivity index (χ4v) is 8.09. The van der Waals surface area contributed by atoms with Crippen LogP contribution >= 0.6 is 0 Å². The summed E-state index contributed by atoms with van der Waals surface area (Å²) in [6.07, 6.45) is 5.77. The number of aliphatic hydroxyl groups excluding tert-OH is 3. The second-order valence-corrected chi connectivity index (χ2v) is 10.3. The molecule has 4 aliphatic carbocycles. The Morgan fingerprint density at radius 3 is 2.40 bits per heavy atom. The third-order valence-corrected chi connectivity index (χ3v) is 9.48. The van der Waals surface area contributed by atoms with Gasteiger partial charge in [-0.2, -0.15) is 0 Å². The van der Waals surface area contributed by atoms with Gasteiger partial charge in [-0.1, -0.05) is 13.8 Å². The summed E-state index contributed by atoms with van der Waals surface area (Å²) in [7, 11) is 0. The fraction of sp³-hybridized carbons (Fsp3) is 1.00. The van der Waals surface area contributed by atoms with E-state index in [0.29, 0.717) is 30.6 Å². The molecule has 4 saturated carbocycles. The average Bonchev–Trinajstić information content (AvgIpc) is 2.80. The quantitative estimate of drug-likeness (QED) is 0.584. The zero-order valence-corrected chi connectivity index (χ0v) is 16.0. The van der Waals surface area contributed by atoms with Crippen molar-refractivity contribution in [2.45, 2.75) is 96.1 Å². The van der Waals surface area contributed by atoms with E-state index in [1.807, 2.05) is 0 Å². The topological polar surface area (TPSA) is 80.9 Å². The van der Waals surface area contributed by atoms with Gasteiger partial charge in [-0.05, 0) is 87.4 Å². The van der Waals surface area contributed by atoms with Gasteiger partial charge >= 0.3 is 0 Å². The lowest BCUT2D eigenvalue weighted by Crippen LogP contribution is -2.63. The normalized spacial score (nSPS) is 59.6. The summed E-state index contributed by atoms with van der Waals surface area (Å²) in [6, 6.07) is 0. The molecule has 0 aromatic heterocycles. The first kappa shape index (κ1) is 18.2. The highest BCUT2D eigenvalue weighted by Crippen LogP contribution is 2.68. The first-order chi connectivity index (χ1) is 11.6.